The molecule has 0 radical (unpaired) electrons. The van der Waals surface area contributed by atoms with Crippen LogP contribution in [0.15, 0.2) is 12.1 Å². The van der Waals surface area contributed by atoms with Crippen LogP contribution in [0, 0.1) is 23.2 Å². The van der Waals surface area contributed by atoms with Crippen LogP contribution in [-0.2, 0) is 6.54 Å². The molecule has 4 fully saturated rings. The molecule has 5 rings (SSSR count). The molecule has 0 saturated heterocycles. The molecule has 3 nitrogen and oxygen atoms in total. The van der Waals surface area contributed by atoms with Crippen LogP contribution in [0.25, 0.3) is 0 Å². The summed E-state index contributed by atoms with van der Waals surface area (Å²) in [6.07, 6.45) is 8.79. The second-order valence-electron chi connectivity index (χ2n) is 8.92. The number of hydrogen-bond acceptors (Lipinski definition) is 3. The van der Waals surface area contributed by atoms with E-state index in [0.717, 1.165) is 35.6 Å². The number of nitrogens with one attached hydrogen (secondary N) is 1. The number of halogens is 1. The molecule has 4 heteroatoms. The van der Waals surface area contributed by atoms with Crippen molar-refractivity contribution in [3.8, 4) is 11.5 Å². The van der Waals surface area contributed by atoms with Gasteiger partial charge < -0.3 is 14.8 Å². The molecule has 1 atom stereocenters. The fourth-order valence-electron chi connectivity index (χ4n) is 6.38. The van der Waals surface area contributed by atoms with Gasteiger partial charge in [0.2, 0.25) is 0 Å². The van der Waals surface area contributed by atoms with Crippen molar-refractivity contribution in [1.29, 1.82) is 0 Å². The van der Waals surface area contributed by atoms with Gasteiger partial charge in [0.25, 0.3) is 0 Å². The maximum atomic E-state index is 6.41. The minimum Gasteiger partial charge on any atom is -0.491 e. The van der Waals surface area contributed by atoms with Gasteiger partial charge in [0.05, 0.1) is 18.7 Å². The van der Waals surface area contributed by atoms with Gasteiger partial charge in [-0.15, -0.1) is 0 Å². The van der Waals surface area contributed by atoms with Gasteiger partial charge in [-0.1, -0.05) is 11.6 Å². The number of rotatable bonds is 7. The zero-order valence-corrected chi connectivity index (χ0v) is 17.1. The molecular weight excluding hydrogens is 346 g/mol. The Morgan fingerprint density at radius 2 is 1.77 bits per heavy atom. The van der Waals surface area contributed by atoms with E-state index in [9.17, 15) is 0 Å². The van der Waals surface area contributed by atoms with E-state index in [1.807, 2.05) is 13.0 Å². The second-order valence-corrected chi connectivity index (χ2v) is 9.33. The molecule has 0 amide bonds. The summed E-state index contributed by atoms with van der Waals surface area (Å²) in [6, 6.07) is 4.61. The summed E-state index contributed by atoms with van der Waals surface area (Å²) in [5, 5.41) is 4.46. The first kappa shape index (κ1) is 18.4. The summed E-state index contributed by atoms with van der Waals surface area (Å²) in [7, 11) is 1.64. The van der Waals surface area contributed by atoms with Crippen molar-refractivity contribution in [2.45, 2.75) is 65.0 Å². The molecule has 4 aliphatic carbocycles. The molecule has 0 aliphatic heterocycles. The lowest BCUT2D eigenvalue weighted by atomic mass is 9.48. The van der Waals surface area contributed by atoms with E-state index in [0.29, 0.717) is 28.8 Å². The third kappa shape index (κ3) is 3.33. The van der Waals surface area contributed by atoms with Crippen LogP contribution in [0.3, 0.4) is 0 Å². The number of benzene rings is 1. The van der Waals surface area contributed by atoms with Crippen LogP contribution in [0.1, 0.15) is 57.9 Å². The highest BCUT2D eigenvalue weighted by Gasteiger charge is 2.52. The number of methoxy groups -OCH3 is 1. The maximum absolute atomic E-state index is 6.41. The Kier molecular flexibility index (Phi) is 5.13. The van der Waals surface area contributed by atoms with Gasteiger partial charge in [-0.3, -0.25) is 0 Å². The van der Waals surface area contributed by atoms with E-state index in [2.05, 4.69) is 18.3 Å². The summed E-state index contributed by atoms with van der Waals surface area (Å²) in [6.45, 7) is 5.81. The molecule has 4 aliphatic rings. The molecule has 26 heavy (non-hydrogen) atoms. The van der Waals surface area contributed by atoms with Crippen molar-refractivity contribution in [2.75, 3.05) is 13.7 Å². The zero-order chi connectivity index (χ0) is 18.3. The summed E-state index contributed by atoms with van der Waals surface area (Å²) >= 11 is 6.41. The van der Waals surface area contributed by atoms with E-state index in [-0.39, 0.29) is 0 Å². The highest BCUT2D eigenvalue weighted by atomic mass is 35.5. The fraction of sp³-hybridized carbons (Fsp3) is 0.727. The van der Waals surface area contributed by atoms with E-state index in [1.54, 1.807) is 7.11 Å². The monoisotopic (exact) mass is 377 g/mol. The first-order valence-electron chi connectivity index (χ1n) is 10.3. The van der Waals surface area contributed by atoms with Gasteiger partial charge in [0.15, 0.2) is 11.5 Å². The molecule has 4 saturated carbocycles. The quantitative estimate of drug-likeness (QED) is 0.686. The Morgan fingerprint density at radius 1 is 1.15 bits per heavy atom. The topological polar surface area (TPSA) is 30.5 Å². The lowest BCUT2D eigenvalue weighted by Crippen LogP contribution is -2.54. The molecule has 144 valence electrons. The predicted octanol–water partition coefficient (Wildman–Crippen LogP) is 5.44. The van der Waals surface area contributed by atoms with E-state index >= 15 is 0 Å². The summed E-state index contributed by atoms with van der Waals surface area (Å²) in [5.41, 5.74) is 1.68. The number of hydrogen-bond donors (Lipinski definition) is 1. The van der Waals surface area contributed by atoms with Gasteiger partial charge in [-0.05, 0) is 93.2 Å². The fourth-order valence-corrected chi connectivity index (χ4v) is 6.69. The van der Waals surface area contributed by atoms with Crippen molar-refractivity contribution in [3.05, 3.63) is 22.7 Å². The minimum absolute atomic E-state index is 0.522. The van der Waals surface area contributed by atoms with E-state index in [1.165, 1.54) is 38.5 Å². The molecule has 4 bridgehead atoms. The predicted molar refractivity (Wildman–Crippen MR) is 106 cm³/mol. The van der Waals surface area contributed by atoms with Gasteiger partial charge in [0.1, 0.15) is 0 Å². The molecule has 0 aromatic heterocycles. The average molecular weight is 378 g/mol. The maximum Gasteiger partial charge on any atom is 0.179 e. The largest absolute Gasteiger partial charge is 0.491 e. The third-order valence-corrected chi connectivity index (χ3v) is 7.47. The van der Waals surface area contributed by atoms with Gasteiger partial charge in [0, 0.05) is 12.6 Å². The van der Waals surface area contributed by atoms with Crippen LogP contribution < -0.4 is 14.8 Å². The lowest BCUT2D eigenvalue weighted by Gasteiger charge is -2.59. The summed E-state index contributed by atoms with van der Waals surface area (Å²) < 4.78 is 11.1. The first-order chi connectivity index (χ1) is 12.5. The molecular formula is C22H32ClNO2. The molecule has 0 heterocycles. The summed E-state index contributed by atoms with van der Waals surface area (Å²) in [4.78, 5) is 0. The SMILES string of the molecule is CCOc1cc(CN[C@@H](C)C23CC4CC(CC(C4)C2)C3)cc(Cl)c1OC. The van der Waals surface area contributed by atoms with Crippen molar-refractivity contribution in [2.24, 2.45) is 23.2 Å². The second kappa shape index (κ2) is 7.24. The summed E-state index contributed by atoms with van der Waals surface area (Å²) in [5.74, 6) is 4.34. The van der Waals surface area contributed by atoms with Crippen LogP contribution in [-0.4, -0.2) is 19.8 Å². The van der Waals surface area contributed by atoms with Crippen LogP contribution in [0.4, 0.5) is 0 Å². The van der Waals surface area contributed by atoms with Crippen molar-refractivity contribution < 1.29 is 9.47 Å². The first-order valence-corrected chi connectivity index (χ1v) is 10.6. The average Bonchev–Trinajstić information content (AvgIpc) is 2.58. The Balaban J connectivity index is 1.45. The Bertz CT molecular complexity index is 625. The Morgan fingerprint density at radius 3 is 2.31 bits per heavy atom. The molecule has 0 spiro atoms. The van der Waals surface area contributed by atoms with Crippen LogP contribution >= 0.6 is 11.6 Å². The third-order valence-electron chi connectivity index (χ3n) is 7.19. The number of ether oxygens (including phenoxy) is 2. The van der Waals surface area contributed by atoms with Crippen LogP contribution in [0.2, 0.25) is 5.02 Å². The molecule has 1 aromatic carbocycles. The van der Waals surface area contributed by atoms with E-state index in [4.69, 9.17) is 21.1 Å². The van der Waals surface area contributed by atoms with Crippen molar-refractivity contribution in [3.63, 3.8) is 0 Å². The van der Waals surface area contributed by atoms with Crippen molar-refractivity contribution >= 4 is 11.6 Å². The molecule has 1 N–H and O–H groups in total. The lowest BCUT2D eigenvalue weighted by molar-refractivity contribution is -0.0706. The highest BCUT2D eigenvalue weighted by Crippen LogP contribution is 2.61. The van der Waals surface area contributed by atoms with Gasteiger partial charge in [-0.2, -0.15) is 0 Å². The molecule has 1 aromatic rings. The van der Waals surface area contributed by atoms with Crippen molar-refractivity contribution in [1.82, 2.24) is 5.32 Å². The smallest absolute Gasteiger partial charge is 0.179 e. The Labute approximate surface area is 162 Å². The van der Waals surface area contributed by atoms with E-state index < -0.39 is 0 Å². The van der Waals surface area contributed by atoms with Crippen LogP contribution in [0.5, 0.6) is 11.5 Å². The normalized spacial score (nSPS) is 33.3. The standard InChI is InChI=1S/C22H32ClNO2/c1-4-26-20-9-18(8-19(23)21(20)25-3)13-24-14(2)22-10-15-5-16(11-22)7-17(6-15)12-22/h8-9,14-17,24H,4-7,10-13H2,1-3H3/t14-,15?,16?,17?,22?/m0/s1. The van der Waals surface area contributed by atoms with Gasteiger partial charge in [-0.25, -0.2) is 0 Å². The molecule has 0 unspecified atom stereocenters. The highest BCUT2D eigenvalue weighted by molar-refractivity contribution is 6.32. The Hall–Kier alpha value is -0.930. The zero-order valence-electron chi connectivity index (χ0n) is 16.3. The minimum atomic E-state index is 0.522. The van der Waals surface area contributed by atoms with Gasteiger partial charge >= 0.3 is 0 Å².